The number of furan rings is 1. The summed E-state index contributed by atoms with van der Waals surface area (Å²) in [5.41, 5.74) is 0.290. The van der Waals surface area contributed by atoms with Gasteiger partial charge in [0.2, 0.25) is 10.0 Å². The minimum absolute atomic E-state index is 0.0448. The van der Waals surface area contributed by atoms with E-state index in [9.17, 15) is 12.8 Å². The Hall–Kier alpha value is -1.70. The van der Waals surface area contributed by atoms with Crippen LogP contribution in [0.2, 0.25) is 0 Å². The Morgan fingerprint density at radius 2 is 2.05 bits per heavy atom. The Morgan fingerprint density at radius 1 is 1.32 bits per heavy atom. The van der Waals surface area contributed by atoms with E-state index in [0.29, 0.717) is 5.76 Å². The number of aryl methyl sites for hydroxylation is 1. The summed E-state index contributed by atoms with van der Waals surface area (Å²) in [5.74, 6) is 0.240. The van der Waals surface area contributed by atoms with Gasteiger partial charge in [0.25, 0.3) is 0 Å². The largest absolute Gasteiger partial charge is 0.468 e. The van der Waals surface area contributed by atoms with Crippen molar-refractivity contribution in [3.05, 3.63) is 53.7 Å². The zero-order chi connectivity index (χ0) is 16.3. The van der Waals surface area contributed by atoms with Crippen LogP contribution >= 0.6 is 0 Å². The molecule has 0 saturated carbocycles. The second-order valence-corrected chi connectivity index (χ2v) is 7.02. The Kier molecular flexibility index (Phi) is 5.00. The van der Waals surface area contributed by atoms with Crippen molar-refractivity contribution in [1.82, 2.24) is 9.62 Å². The predicted octanol–water partition coefficient (Wildman–Crippen LogP) is 2.31. The third-order valence-corrected chi connectivity index (χ3v) is 4.82. The summed E-state index contributed by atoms with van der Waals surface area (Å²) >= 11 is 0. The maximum absolute atomic E-state index is 13.3. The molecule has 0 amide bonds. The summed E-state index contributed by atoms with van der Waals surface area (Å²) in [6.07, 6.45) is 1.55. The van der Waals surface area contributed by atoms with E-state index in [1.54, 1.807) is 18.4 Å². The van der Waals surface area contributed by atoms with Crippen LogP contribution in [0.5, 0.6) is 0 Å². The molecule has 5 nitrogen and oxygen atoms in total. The maximum atomic E-state index is 13.3. The van der Waals surface area contributed by atoms with Gasteiger partial charge in [0.1, 0.15) is 11.6 Å². The molecule has 0 aliphatic rings. The topological polar surface area (TPSA) is 62.6 Å². The molecule has 1 aromatic heterocycles. The number of halogens is 1. The van der Waals surface area contributed by atoms with Crippen LogP contribution in [0, 0.1) is 12.7 Å². The van der Waals surface area contributed by atoms with E-state index in [0.717, 1.165) is 6.07 Å². The van der Waals surface area contributed by atoms with E-state index in [1.165, 1.54) is 19.1 Å². The molecule has 0 fully saturated rings. The van der Waals surface area contributed by atoms with Gasteiger partial charge >= 0.3 is 0 Å². The second kappa shape index (κ2) is 6.60. The molecule has 22 heavy (non-hydrogen) atoms. The highest BCUT2D eigenvalue weighted by atomic mass is 32.2. The van der Waals surface area contributed by atoms with Gasteiger partial charge in [-0.05, 0) is 56.9 Å². The number of benzene rings is 1. The van der Waals surface area contributed by atoms with Crippen molar-refractivity contribution in [1.29, 1.82) is 0 Å². The van der Waals surface area contributed by atoms with Crippen molar-refractivity contribution in [2.75, 3.05) is 20.6 Å². The molecule has 1 aromatic carbocycles. The highest BCUT2D eigenvalue weighted by Gasteiger charge is 2.21. The lowest BCUT2D eigenvalue weighted by Gasteiger charge is -2.22. The summed E-state index contributed by atoms with van der Waals surface area (Å²) in [5, 5.41) is 0. The van der Waals surface area contributed by atoms with Crippen molar-refractivity contribution in [3.63, 3.8) is 0 Å². The summed E-state index contributed by atoms with van der Waals surface area (Å²) in [6, 6.07) is 7.04. The zero-order valence-electron chi connectivity index (χ0n) is 12.7. The molecule has 0 bridgehead atoms. The highest BCUT2D eigenvalue weighted by molar-refractivity contribution is 7.89. The van der Waals surface area contributed by atoms with Crippen LogP contribution in [-0.4, -0.2) is 34.0 Å². The molecule has 0 radical (unpaired) electrons. The van der Waals surface area contributed by atoms with Crippen LogP contribution in [0.1, 0.15) is 17.4 Å². The van der Waals surface area contributed by atoms with Gasteiger partial charge in [-0.15, -0.1) is 0 Å². The molecule has 0 spiro atoms. The molecular formula is C15H19FN2O3S. The molecule has 7 heteroatoms. The number of hydrogen-bond donors (Lipinski definition) is 1. The first kappa shape index (κ1) is 16.7. The monoisotopic (exact) mass is 326 g/mol. The average molecular weight is 326 g/mol. The minimum Gasteiger partial charge on any atom is -0.468 e. The van der Waals surface area contributed by atoms with Crippen molar-refractivity contribution >= 4 is 10.0 Å². The summed E-state index contributed by atoms with van der Waals surface area (Å²) in [7, 11) is -0.0305. The number of hydrogen-bond acceptors (Lipinski definition) is 4. The smallest absolute Gasteiger partial charge is 0.240 e. The van der Waals surface area contributed by atoms with Gasteiger partial charge in [0, 0.05) is 6.54 Å². The molecule has 2 rings (SSSR count). The minimum atomic E-state index is -3.70. The number of sulfonamides is 1. The van der Waals surface area contributed by atoms with Crippen LogP contribution in [0.15, 0.2) is 45.9 Å². The van der Waals surface area contributed by atoms with E-state index in [4.69, 9.17) is 4.42 Å². The van der Waals surface area contributed by atoms with Crippen molar-refractivity contribution in [2.24, 2.45) is 0 Å². The molecule has 2 aromatic rings. The van der Waals surface area contributed by atoms with Crippen molar-refractivity contribution in [3.8, 4) is 0 Å². The molecule has 1 N–H and O–H groups in total. The normalized spacial score (nSPS) is 13.5. The van der Waals surface area contributed by atoms with Crippen molar-refractivity contribution in [2.45, 2.75) is 17.9 Å². The first-order valence-corrected chi connectivity index (χ1v) is 8.25. The second-order valence-electron chi connectivity index (χ2n) is 5.26. The summed E-state index contributed by atoms with van der Waals surface area (Å²) < 4.78 is 45.8. The van der Waals surface area contributed by atoms with Crippen LogP contribution in [0.4, 0.5) is 4.39 Å². The fourth-order valence-corrected chi connectivity index (χ4v) is 3.20. The number of nitrogens with one attached hydrogen (secondary N) is 1. The lowest BCUT2D eigenvalue weighted by atomic mass is 10.2. The molecule has 0 aliphatic heterocycles. The molecular weight excluding hydrogens is 307 g/mol. The van der Waals surface area contributed by atoms with Gasteiger partial charge in [-0.2, -0.15) is 0 Å². The van der Waals surface area contributed by atoms with Gasteiger partial charge in [0.05, 0.1) is 17.2 Å². The third-order valence-electron chi connectivity index (χ3n) is 3.40. The summed E-state index contributed by atoms with van der Waals surface area (Å²) in [4.78, 5) is 1.90. The first-order valence-electron chi connectivity index (χ1n) is 6.77. The Bertz CT molecular complexity index is 727. The lowest BCUT2D eigenvalue weighted by Crippen LogP contribution is -2.34. The maximum Gasteiger partial charge on any atom is 0.240 e. The fraction of sp³-hybridized carbons (Fsp3) is 0.333. The number of nitrogens with zero attached hydrogens (tertiary/aromatic N) is 1. The molecule has 1 heterocycles. The molecule has 120 valence electrons. The Labute approximate surface area is 129 Å². The average Bonchev–Trinajstić information content (AvgIpc) is 2.95. The quantitative estimate of drug-likeness (QED) is 0.885. The fourth-order valence-electron chi connectivity index (χ4n) is 2.07. The van der Waals surface area contributed by atoms with E-state index >= 15 is 0 Å². The third kappa shape index (κ3) is 3.73. The first-order chi connectivity index (χ1) is 10.3. The van der Waals surface area contributed by atoms with E-state index in [2.05, 4.69) is 4.72 Å². The Balaban J connectivity index is 2.16. The van der Waals surface area contributed by atoms with E-state index < -0.39 is 15.8 Å². The molecule has 1 unspecified atom stereocenters. The lowest BCUT2D eigenvalue weighted by molar-refractivity contribution is 0.259. The van der Waals surface area contributed by atoms with E-state index in [-0.39, 0.29) is 23.0 Å². The zero-order valence-corrected chi connectivity index (χ0v) is 13.5. The molecule has 0 saturated heterocycles. The van der Waals surface area contributed by atoms with Gasteiger partial charge in [-0.25, -0.2) is 17.5 Å². The van der Waals surface area contributed by atoms with Crippen LogP contribution in [-0.2, 0) is 10.0 Å². The molecule has 1 atom stereocenters. The number of rotatable bonds is 6. The van der Waals surface area contributed by atoms with Crippen LogP contribution in [0.25, 0.3) is 0 Å². The van der Waals surface area contributed by atoms with Gasteiger partial charge in [0.15, 0.2) is 0 Å². The van der Waals surface area contributed by atoms with Gasteiger partial charge in [-0.3, -0.25) is 4.90 Å². The van der Waals surface area contributed by atoms with Crippen molar-refractivity contribution < 1.29 is 17.2 Å². The summed E-state index contributed by atoms with van der Waals surface area (Å²) in [6.45, 7) is 1.68. The van der Waals surface area contributed by atoms with Gasteiger partial charge < -0.3 is 4.42 Å². The SMILES string of the molecule is Cc1cc(S(=O)(=O)NCC(c2ccco2)N(C)C)ccc1F. The highest BCUT2D eigenvalue weighted by Crippen LogP contribution is 2.19. The van der Waals surface area contributed by atoms with Gasteiger partial charge in [-0.1, -0.05) is 0 Å². The standard InChI is InChI=1S/C15H19FN2O3S/c1-11-9-12(6-7-13(11)16)22(19,20)17-10-14(18(2)3)15-5-4-8-21-15/h4-9,14,17H,10H2,1-3H3. The Morgan fingerprint density at radius 3 is 2.59 bits per heavy atom. The molecule has 0 aliphatic carbocycles. The predicted molar refractivity (Wildman–Crippen MR) is 81.5 cm³/mol. The van der Waals surface area contributed by atoms with Crippen LogP contribution < -0.4 is 4.72 Å². The number of likely N-dealkylation sites (N-methyl/N-ethyl adjacent to an activating group) is 1. The van der Waals surface area contributed by atoms with E-state index in [1.807, 2.05) is 19.0 Å². The van der Waals surface area contributed by atoms with Crippen LogP contribution in [0.3, 0.4) is 0 Å².